The Kier molecular flexibility index (Phi) is 8.57. The van der Waals surface area contributed by atoms with Crippen molar-refractivity contribution in [3.05, 3.63) is 144 Å². The molecule has 0 radical (unpaired) electrons. The van der Waals surface area contributed by atoms with Crippen molar-refractivity contribution in [1.29, 1.82) is 0 Å². The van der Waals surface area contributed by atoms with Gasteiger partial charge in [0.1, 0.15) is 12.0 Å². The van der Waals surface area contributed by atoms with Gasteiger partial charge in [0.05, 0.1) is 17.2 Å². The Morgan fingerprint density at radius 2 is 1.52 bits per heavy atom. The molecule has 5 aromatic rings. The van der Waals surface area contributed by atoms with Crippen molar-refractivity contribution < 1.29 is 0 Å². The lowest BCUT2D eigenvalue weighted by molar-refractivity contribution is -0.0240. The van der Waals surface area contributed by atoms with E-state index >= 15 is 0 Å². The molecule has 4 aromatic carbocycles. The minimum atomic E-state index is -0.00839. The van der Waals surface area contributed by atoms with Crippen LogP contribution in [0.4, 0.5) is 5.69 Å². The molecule has 11 rings (SSSR count). The van der Waals surface area contributed by atoms with Crippen molar-refractivity contribution in [2.24, 2.45) is 22.7 Å². The molecule has 7 unspecified atom stereocenters. The Labute approximate surface area is 332 Å². The predicted octanol–water partition coefficient (Wildman–Crippen LogP) is 11.9. The Bertz CT molecular complexity index is 2400. The monoisotopic (exact) mass is 737 g/mol. The van der Waals surface area contributed by atoms with Crippen molar-refractivity contribution in [3.8, 4) is 0 Å². The summed E-state index contributed by atoms with van der Waals surface area (Å²) in [6.07, 6.45) is 24.1. The van der Waals surface area contributed by atoms with E-state index < -0.39 is 0 Å². The van der Waals surface area contributed by atoms with Crippen molar-refractivity contribution in [3.63, 3.8) is 0 Å². The Balaban J connectivity index is 0.981. The first-order chi connectivity index (χ1) is 27.7. The highest BCUT2D eigenvalue weighted by atomic mass is 15.4. The largest absolute Gasteiger partial charge is 0.343 e. The Hall–Kier alpha value is -4.87. The van der Waals surface area contributed by atoms with Crippen LogP contribution in [0.5, 0.6) is 0 Å². The number of hydrogen-bond donors (Lipinski definition) is 0. The maximum absolute atomic E-state index is 5.46. The van der Waals surface area contributed by atoms with Crippen molar-refractivity contribution in [1.82, 2.24) is 14.4 Å². The molecule has 4 aliphatic carbocycles. The summed E-state index contributed by atoms with van der Waals surface area (Å²) in [6.45, 7) is 0. The van der Waals surface area contributed by atoms with Gasteiger partial charge in [-0.2, -0.15) is 0 Å². The number of rotatable bonds is 5. The molecule has 2 aliphatic heterocycles. The molecule has 7 atom stereocenters. The van der Waals surface area contributed by atoms with Crippen LogP contribution in [0.1, 0.15) is 99.4 Å². The van der Waals surface area contributed by atoms with Gasteiger partial charge in [-0.3, -0.25) is 4.90 Å². The van der Waals surface area contributed by atoms with Gasteiger partial charge < -0.3 is 14.4 Å². The van der Waals surface area contributed by atoms with E-state index in [4.69, 9.17) is 4.99 Å². The number of anilines is 1. The minimum absolute atomic E-state index is 0.00839. The summed E-state index contributed by atoms with van der Waals surface area (Å²) < 4.78 is 2.69. The number of aromatic nitrogens is 1. The summed E-state index contributed by atoms with van der Waals surface area (Å²) in [6, 6.07) is 36.7. The van der Waals surface area contributed by atoms with Gasteiger partial charge >= 0.3 is 0 Å². The first-order valence-corrected chi connectivity index (χ1v) is 21.7. The van der Waals surface area contributed by atoms with E-state index in [2.05, 4.69) is 155 Å². The summed E-state index contributed by atoms with van der Waals surface area (Å²) in [5.74, 6) is 3.41. The lowest BCUT2D eigenvalue weighted by Gasteiger charge is -2.53. The normalized spacial score (nSPS) is 29.1. The predicted molar refractivity (Wildman–Crippen MR) is 233 cm³/mol. The van der Waals surface area contributed by atoms with Crippen LogP contribution in [0, 0.1) is 17.8 Å². The second kappa shape index (κ2) is 14.0. The first-order valence-electron chi connectivity index (χ1n) is 21.7. The summed E-state index contributed by atoms with van der Waals surface area (Å²) in [5.41, 5.74) is 11.4. The molecule has 0 amide bonds. The molecule has 5 nitrogen and oxygen atoms in total. The van der Waals surface area contributed by atoms with Crippen LogP contribution in [0.2, 0.25) is 0 Å². The summed E-state index contributed by atoms with van der Waals surface area (Å²) in [5, 5.41) is 2.92. The number of aliphatic imine (C=N–C) groups is 1. The van der Waals surface area contributed by atoms with E-state index in [0.717, 1.165) is 18.7 Å². The number of hydrogen-bond acceptors (Lipinski definition) is 4. The maximum Gasteiger partial charge on any atom is 0.134 e. The molecule has 284 valence electrons. The van der Waals surface area contributed by atoms with E-state index in [9.17, 15) is 0 Å². The second-order valence-electron chi connectivity index (χ2n) is 17.6. The zero-order valence-electron chi connectivity index (χ0n) is 33.1. The van der Waals surface area contributed by atoms with Crippen LogP contribution >= 0.6 is 0 Å². The minimum Gasteiger partial charge on any atom is -0.343 e. The Morgan fingerprint density at radius 1 is 0.696 bits per heavy atom. The van der Waals surface area contributed by atoms with Crippen LogP contribution in [0.15, 0.2) is 132 Å². The number of benzene rings is 4. The SMILES string of the molecule is CN1C(c2ccccc2)=NC(c2ccccc2)N(C)C1C1CCCC2CC(n3c4ccccc4c4c5c(ccc43)N(C3=CCCCC3)C3CCC=CC53)=CCC21. The van der Waals surface area contributed by atoms with Gasteiger partial charge in [-0.05, 0) is 118 Å². The maximum atomic E-state index is 5.46. The fourth-order valence-electron chi connectivity index (χ4n) is 12.3. The molecule has 6 aliphatic rings. The van der Waals surface area contributed by atoms with Gasteiger partial charge in [-0.15, -0.1) is 0 Å². The summed E-state index contributed by atoms with van der Waals surface area (Å²) >= 11 is 0. The molecule has 0 saturated heterocycles. The average Bonchev–Trinajstić information content (AvgIpc) is 3.77. The highest BCUT2D eigenvalue weighted by molar-refractivity contribution is 6.14. The van der Waals surface area contributed by atoms with Crippen LogP contribution < -0.4 is 4.90 Å². The number of para-hydroxylation sites is 1. The Morgan fingerprint density at radius 3 is 2.36 bits per heavy atom. The van der Waals surface area contributed by atoms with Crippen molar-refractivity contribution in [2.75, 3.05) is 19.0 Å². The van der Waals surface area contributed by atoms with Crippen molar-refractivity contribution in [2.45, 2.75) is 94.9 Å². The summed E-state index contributed by atoms with van der Waals surface area (Å²) in [7, 11) is 4.63. The van der Waals surface area contributed by atoms with Gasteiger partial charge in [0.2, 0.25) is 0 Å². The van der Waals surface area contributed by atoms with Crippen LogP contribution in [-0.4, -0.2) is 46.5 Å². The van der Waals surface area contributed by atoms with Gasteiger partial charge in [0.15, 0.2) is 0 Å². The third kappa shape index (κ3) is 5.40. The highest BCUT2D eigenvalue weighted by Gasteiger charge is 2.47. The molecular weight excluding hydrogens is 683 g/mol. The number of amidine groups is 1. The van der Waals surface area contributed by atoms with Crippen LogP contribution in [0.3, 0.4) is 0 Å². The van der Waals surface area contributed by atoms with Gasteiger partial charge in [0, 0.05) is 52.4 Å². The zero-order valence-corrected chi connectivity index (χ0v) is 33.1. The number of allylic oxidation sites excluding steroid dienone is 5. The van der Waals surface area contributed by atoms with E-state index in [1.165, 1.54) is 102 Å². The smallest absolute Gasteiger partial charge is 0.134 e. The summed E-state index contributed by atoms with van der Waals surface area (Å²) in [4.78, 5) is 13.4. The molecule has 1 aromatic heterocycles. The topological polar surface area (TPSA) is 27.0 Å². The van der Waals surface area contributed by atoms with Gasteiger partial charge in [0.25, 0.3) is 0 Å². The average molecular weight is 738 g/mol. The van der Waals surface area contributed by atoms with Crippen LogP contribution in [0.25, 0.3) is 27.5 Å². The molecule has 0 bridgehead atoms. The molecule has 5 heteroatoms. The van der Waals surface area contributed by atoms with E-state index in [0.29, 0.717) is 29.7 Å². The van der Waals surface area contributed by atoms with Gasteiger partial charge in [-0.1, -0.05) is 110 Å². The lowest BCUT2D eigenvalue weighted by atomic mass is 9.65. The molecular formula is C51H55N5. The second-order valence-corrected chi connectivity index (χ2v) is 17.6. The quantitative estimate of drug-likeness (QED) is 0.168. The first kappa shape index (κ1) is 34.4. The molecule has 56 heavy (non-hydrogen) atoms. The van der Waals surface area contributed by atoms with Crippen LogP contribution in [-0.2, 0) is 0 Å². The number of nitrogens with zero attached hydrogens (tertiary/aromatic N) is 5. The van der Waals surface area contributed by atoms with Crippen molar-refractivity contribution >= 4 is 39.0 Å². The molecule has 0 N–H and O–H groups in total. The zero-order chi connectivity index (χ0) is 37.3. The molecule has 3 heterocycles. The standard InChI is InChI=1S/C51H55N5/c1-53-49(34-17-6-3-7-18-34)52-50(35-19-8-4-9-20-35)54(2)51(53)40-26-16-21-36-33-38(29-30-39(36)40)56-44-28-15-13-25-42(44)48-46(56)32-31-45-47(48)41-24-12-14-27-43(41)55(45)37-22-10-5-11-23-37/h3-4,6-9,12-13,15,17-20,22,24-25,28-29,31-32,36,39-41,43,49,51H,5,10-11,14,16,21,23,26-27,30,33H2,1-2H3. The lowest BCUT2D eigenvalue weighted by Crippen LogP contribution is -2.58. The third-order valence-corrected chi connectivity index (χ3v) is 14.7. The number of fused-ring (bicyclic) bond motifs is 8. The van der Waals surface area contributed by atoms with E-state index in [-0.39, 0.29) is 12.3 Å². The molecule has 0 spiro atoms. The third-order valence-electron chi connectivity index (χ3n) is 14.7. The molecule has 1 fully saturated rings. The fourth-order valence-corrected chi connectivity index (χ4v) is 12.3. The van der Waals surface area contributed by atoms with E-state index in [1.54, 1.807) is 11.3 Å². The van der Waals surface area contributed by atoms with Gasteiger partial charge in [-0.25, -0.2) is 4.99 Å². The molecule has 1 saturated carbocycles. The fraction of sp³-hybridized carbons (Fsp3) is 0.392. The highest BCUT2D eigenvalue weighted by Crippen LogP contribution is 2.54. The van der Waals surface area contributed by atoms with E-state index in [1.807, 2.05) is 0 Å².